The lowest BCUT2D eigenvalue weighted by Crippen LogP contribution is -2.19. The van der Waals surface area contributed by atoms with E-state index in [0.29, 0.717) is 22.8 Å². The van der Waals surface area contributed by atoms with Gasteiger partial charge in [-0.05, 0) is 31.2 Å². The number of aromatic nitrogens is 1. The number of benzene rings is 2. The van der Waals surface area contributed by atoms with Crippen molar-refractivity contribution in [3.8, 4) is 17.2 Å². The molecule has 0 spiro atoms. The minimum absolute atomic E-state index is 0.206. The van der Waals surface area contributed by atoms with Crippen molar-refractivity contribution in [1.29, 1.82) is 0 Å². The number of carbonyl (C=O) groups is 1. The van der Waals surface area contributed by atoms with Gasteiger partial charge in [-0.2, -0.15) is 5.10 Å². The van der Waals surface area contributed by atoms with E-state index in [1.165, 1.54) is 18.0 Å². The number of fused-ring (bicyclic) bond motifs is 1. The van der Waals surface area contributed by atoms with Gasteiger partial charge in [0.15, 0.2) is 11.5 Å². The van der Waals surface area contributed by atoms with Crippen molar-refractivity contribution in [3.05, 3.63) is 53.7 Å². The number of hydrogen-bond donors (Lipinski definition) is 1. The number of hydrogen-bond acceptors (Lipinski definition) is 7. The van der Waals surface area contributed by atoms with E-state index in [2.05, 4.69) is 15.5 Å². The van der Waals surface area contributed by atoms with E-state index in [4.69, 9.17) is 14.2 Å². The number of rotatable bonds is 8. The molecule has 3 rings (SSSR count). The monoisotopic (exact) mass is 425 g/mol. The number of nitrogens with zero attached hydrogens (tertiary/aromatic N) is 2. The molecular weight excluding hydrogens is 402 g/mol. The second-order valence-electron chi connectivity index (χ2n) is 6.32. The Hall–Kier alpha value is -3.26. The summed E-state index contributed by atoms with van der Waals surface area (Å²) in [6.45, 7) is 1.94. The molecule has 1 heterocycles. The van der Waals surface area contributed by atoms with Gasteiger partial charge in [0, 0.05) is 21.5 Å². The fourth-order valence-electron chi connectivity index (χ4n) is 2.92. The van der Waals surface area contributed by atoms with Crippen LogP contribution in [0.2, 0.25) is 0 Å². The van der Waals surface area contributed by atoms with Gasteiger partial charge in [-0.25, -0.2) is 5.43 Å². The third-order valence-electron chi connectivity index (χ3n) is 4.25. The SMILES string of the molecule is COc1cc(/C=N\NC(=O)CSc2cc(C)nc3ccccc23)cc(OC)c1OC. The second-order valence-corrected chi connectivity index (χ2v) is 7.34. The van der Waals surface area contributed by atoms with E-state index in [-0.39, 0.29) is 11.7 Å². The fraction of sp³-hybridized carbons (Fsp3) is 0.227. The van der Waals surface area contributed by atoms with Crippen LogP contribution in [-0.2, 0) is 4.79 Å². The normalized spacial score (nSPS) is 10.9. The average Bonchev–Trinajstić information content (AvgIpc) is 2.76. The predicted molar refractivity (Wildman–Crippen MR) is 119 cm³/mol. The maximum absolute atomic E-state index is 12.2. The predicted octanol–water partition coefficient (Wildman–Crippen LogP) is 3.81. The highest BCUT2D eigenvalue weighted by Crippen LogP contribution is 2.37. The van der Waals surface area contributed by atoms with Crippen LogP contribution in [0.3, 0.4) is 0 Å². The van der Waals surface area contributed by atoms with E-state index in [1.807, 2.05) is 37.3 Å². The maximum atomic E-state index is 12.2. The molecule has 8 heteroatoms. The molecule has 2 aromatic carbocycles. The molecule has 0 fully saturated rings. The molecule has 0 unspecified atom stereocenters. The Bertz CT molecular complexity index is 1060. The highest BCUT2D eigenvalue weighted by atomic mass is 32.2. The van der Waals surface area contributed by atoms with Crippen LogP contribution in [0, 0.1) is 6.92 Å². The number of methoxy groups -OCH3 is 3. The van der Waals surface area contributed by atoms with Crippen molar-refractivity contribution in [2.75, 3.05) is 27.1 Å². The van der Waals surface area contributed by atoms with Gasteiger partial charge in [0.2, 0.25) is 11.7 Å². The van der Waals surface area contributed by atoms with Gasteiger partial charge in [0.05, 0.1) is 38.8 Å². The van der Waals surface area contributed by atoms with Crippen molar-refractivity contribution in [2.24, 2.45) is 5.10 Å². The number of nitrogens with one attached hydrogen (secondary N) is 1. The Morgan fingerprint density at radius 3 is 2.47 bits per heavy atom. The van der Waals surface area contributed by atoms with Gasteiger partial charge >= 0.3 is 0 Å². The molecular formula is C22H23N3O4S. The van der Waals surface area contributed by atoms with Crippen molar-refractivity contribution >= 4 is 34.8 Å². The van der Waals surface area contributed by atoms with Crippen molar-refractivity contribution in [3.63, 3.8) is 0 Å². The first-order valence-corrected chi connectivity index (χ1v) is 10.2. The lowest BCUT2D eigenvalue weighted by Gasteiger charge is -2.12. The molecule has 0 aliphatic carbocycles. The third kappa shape index (κ3) is 5.01. The standard InChI is InChI=1S/C22H23N3O4S/c1-14-9-20(16-7-5-6-8-17(16)24-14)30-13-21(26)25-23-12-15-10-18(27-2)22(29-4)19(11-15)28-3/h5-12H,13H2,1-4H3,(H,25,26)/b23-12-. The summed E-state index contributed by atoms with van der Waals surface area (Å²) in [5.41, 5.74) is 5.08. The number of carbonyl (C=O) groups excluding carboxylic acids is 1. The van der Waals surface area contributed by atoms with Crippen LogP contribution in [0.15, 0.2) is 52.5 Å². The molecule has 7 nitrogen and oxygen atoms in total. The van der Waals surface area contributed by atoms with Crippen LogP contribution in [0.5, 0.6) is 17.2 Å². The average molecular weight is 426 g/mol. The summed E-state index contributed by atoms with van der Waals surface area (Å²) >= 11 is 1.45. The third-order valence-corrected chi connectivity index (χ3v) is 5.31. The molecule has 0 aliphatic rings. The summed E-state index contributed by atoms with van der Waals surface area (Å²) in [7, 11) is 4.63. The van der Waals surface area contributed by atoms with Crippen LogP contribution in [0.25, 0.3) is 10.9 Å². The second kappa shape index (κ2) is 9.98. The quantitative estimate of drug-likeness (QED) is 0.336. The molecule has 0 saturated heterocycles. The molecule has 0 radical (unpaired) electrons. The summed E-state index contributed by atoms with van der Waals surface area (Å²) in [4.78, 5) is 17.8. The Kier molecular flexibility index (Phi) is 7.13. The van der Waals surface area contributed by atoms with Gasteiger partial charge in [-0.15, -0.1) is 11.8 Å². The van der Waals surface area contributed by atoms with Crippen LogP contribution in [0.1, 0.15) is 11.3 Å². The molecule has 30 heavy (non-hydrogen) atoms. The number of hydrazone groups is 1. The summed E-state index contributed by atoms with van der Waals surface area (Å²) in [6.07, 6.45) is 1.53. The van der Waals surface area contributed by atoms with Crippen molar-refractivity contribution in [2.45, 2.75) is 11.8 Å². The molecule has 156 valence electrons. The summed E-state index contributed by atoms with van der Waals surface area (Å²) in [5.74, 6) is 1.56. The number of ether oxygens (including phenoxy) is 3. The Balaban J connectivity index is 1.65. The molecule has 0 aliphatic heterocycles. The summed E-state index contributed by atoms with van der Waals surface area (Å²) in [5, 5.41) is 5.07. The van der Waals surface area contributed by atoms with Gasteiger partial charge in [0.1, 0.15) is 0 Å². The Morgan fingerprint density at radius 1 is 1.10 bits per heavy atom. The minimum Gasteiger partial charge on any atom is -0.493 e. The van der Waals surface area contributed by atoms with Gasteiger partial charge < -0.3 is 14.2 Å². The van der Waals surface area contributed by atoms with Gasteiger partial charge in [0.25, 0.3) is 0 Å². The van der Waals surface area contributed by atoms with Crippen LogP contribution >= 0.6 is 11.8 Å². The fourth-order valence-corrected chi connectivity index (χ4v) is 3.85. The first kappa shape index (κ1) is 21.4. The van der Waals surface area contributed by atoms with Gasteiger partial charge in [-0.3, -0.25) is 9.78 Å². The zero-order chi connectivity index (χ0) is 21.5. The van der Waals surface area contributed by atoms with E-state index < -0.39 is 0 Å². The molecule has 0 atom stereocenters. The van der Waals surface area contributed by atoms with Crippen LogP contribution < -0.4 is 19.6 Å². The van der Waals surface area contributed by atoms with Gasteiger partial charge in [-0.1, -0.05) is 18.2 Å². The highest BCUT2D eigenvalue weighted by molar-refractivity contribution is 8.00. The lowest BCUT2D eigenvalue weighted by atomic mass is 10.2. The van der Waals surface area contributed by atoms with Crippen LogP contribution in [-0.4, -0.2) is 44.2 Å². The Labute approximate surface area is 179 Å². The highest BCUT2D eigenvalue weighted by Gasteiger charge is 2.12. The molecule has 1 amide bonds. The molecule has 3 aromatic rings. The topological polar surface area (TPSA) is 82.0 Å². The largest absolute Gasteiger partial charge is 0.493 e. The first-order valence-electron chi connectivity index (χ1n) is 9.16. The Morgan fingerprint density at radius 2 is 1.80 bits per heavy atom. The van der Waals surface area contributed by atoms with E-state index in [1.54, 1.807) is 33.5 Å². The number of pyridine rings is 1. The van der Waals surface area contributed by atoms with E-state index in [0.717, 1.165) is 21.5 Å². The summed E-state index contributed by atoms with van der Waals surface area (Å²) in [6, 6.07) is 13.4. The molecule has 1 aromatic heterocycles. The van der Waals surface area contributed by atoms with E-state index in [9.17, 15) is 4.79 Å². The van der Waals surface area contributed by atoms with E-state index >= 15 is 0 Å². The van der Waals surface area contributed by atoms with Crippen molar-refractivity contribution < 1.29 is 19.0 Å². The minimum atomic E-state index is -0.206. The smallest absolute Gasteiger partial charge is 0.250 e. The number of para-hydroxylation sites is 1. The molecule has 1 N–H and O–H groups in total. The van der Waals surface area contributed by atoms with Crippen LogP contribution in [0.4, 0.5) is 0 Å². The zero-order valence-electron chi connectivity index (χ0n) is 17.3. The lowest BCUT2D eigenvalue weighted by molar-refractivity contribution is -0.118. The first-order chi connectivity index (χ1) is 14.5. The number of amides is 1. The number of aryl methyl sites for hydroxylation is 1. The van der Waals surface area contributed by atoms with Crippen molar-refractivity contribution in [1.82, 2.24) is 10.4 Å². The molecule has 0 saturated carbocycles. The number of thioether (sulfide) groups is 1. The molecule has 0 bridgehead atoms. The summed E-state index contributed by atoms with van der Waals surface area (Å²) < 4.78 is 15.9. The maximum Gasteiger partial charge on any atom is 0.250 e. The zero-order valence-corrected chi connectivity index (χ0v) is 18.1.